The smallest absolute Gasteiger partial charge is 0.172 e. The number of ether oxygens (including phenoxy) is 2. The van der Waals surface area contributed by atoms with Crippen LogP contribution in [-0.4, -0.2) is 19.7 Å². The molecule has 0 amide bonds. The lowest BCUT2D eigenvalue weighted by atomic mass is 9.81. The number of nitriles is 3. The fourth-order valence-corrected chi connectivity index (χ4v) is 16.3. The van der Waals surface area contributed by atoms with Gasteiger partial charge in [0, 0.05) is 45.4 Å². The van der Waals surface area contributed by atoms with E-state index in [9.17, 15) is 15.8 Å². The predicted octanol–water partition coefficient (Wildman–Crippen LogP) is 21.1. The van der Waals surface area contributed by atoms with Crippen molar-refractivity contribution in [1.82, 2.24) is 0 Å². The summed E-state index contributed by atoms with van der Waals surface area (Å²) in [7, 11) is 4.20. The summed E-state index contributed by atoms with van der Waals surface area (Å²) in [5, 5.41) is 29.5. The van der Waals surface area contributed by atoms with Crippen molar-refractivity contribution in [3.63, 3.8) is 0 Å². The van der Waals surface area contributed by atoms with Gasteiger partial charge in [0.15, 0.2) is 17.1 Å². The number of rotatable bonds is 32. The topological polar surface area (TPSA) is 93.1 Å². The van der Waals surface area contributed by atoms with Gasteiger partial charge in [-0.15, -0.1) is 45.3 Å². The Labute approximate surface area is 455 Å². The Hall–Kier alpha value is -4.37. The van der Waals surface area contributed by atoms with E-state index >= 15 is 0 Å². The molecule has 0 atom stereocenters. The number of unbranched alkanes of at least 4 members (excludes halogenated alkanes) is 24. The normalized spacial score (nSPS) is 14.6. The zero-order chi connectivity index (χ0) is 51.6. The van der Waals surface area contributed by atoms with E-state index in [4.69, 9.17) is 9.47 Å². The molecule has 6 heterocycles. The molecule has 1 aromatic carbocycles. The first-order valence-corrected chi connectivity index (χ1v) is 31.5. The Morgan fingerprint density at radius 3 is 1.56 bits per heavy atom. The molecule has 0 fully saturated rings. The quantitative estimate of drug-likeness (QED) is 0.0315. The second-order valence-corrected chi connectivity index (χ2v) is 25.7. The maximum Gasteiger partial charge on any atom is 0.172 e. The van der Waals surface area contributed by atoms with Crippen LogP contribution in [0.15, 0.2) is 65.0 Å². The highest BCUT2D eigenvalue weighted by Gasteiger charge is 2.45. The summed E-state index contributed by atoms with van der Waals surface area (Å²) in [5.74, 6) is 1.12. The lowest BCUT2D eigenvalue weighted by Crippen LogP contribution is -2.35. The number of hydrogen-bond acceptors (Lipinski definition) is 10. The van der Waals surface area contributed by atoms with Gasteiger partial charge in [0.05, 0.1) is 23.9 Å². The van der Waals surface area contributed by atoms with Crippen LogP contribution in [0, 0.1) is 34.0 Å². The zero-order valence-corrected chi connectivity index (χ0v) is 48.4. The van der Waals surface area contributed by atoms with Crippen LogP contribution < -0.4 is 9.64 Å². The Kier molecular flexibility index (Phi) is 21.6. The Morgan fingerprint density at radius 2 is 1.07 bits per heavy atom. The number of fused-ring (bicyclic) bond motifs is 7. The molecular weight excluding hydrogens is 973 g/mol. The standard InChI is InChI=1S/C63H82N4O2S4/c1-7-9-11-13-15-17-19-21-23-25-27-29-31-39-63(40-32-30-28-26-24-22-20-18-16-14-12-10-8-2)55-58-54(42-52(71-58)46-33-35-48(36-34-46)67(5)6)72-60(55)61-57(69-63)59-53(73-61)41-49(70-59)37-38-51-50(45-66)56(47(43-64)44-65)68-62(51,3)4/h33-38,41-42H,7-32,39-40H2,1-6H3/b38-37+. The Balaban J connectivity index is 1.16. The summed E-state index contributed by atoms with van der Waals surface area (Å²) in [6.07, 6.45) is 40.8. The average molecular weight is 1060 g/mol. The third-order valence-electron chi connectivity index (χ3n) is 15.2. The highest BCUT2D eigenvalue weighted by molar-refractivity contribution is 7.35. The van der Waals surface area contributed by atoms with Gasteiger partial charge in [-0.2, -0.15) is 15.8 Å². The molecule has 0 radical (unpaired) electrons. The number of hydrogen-bond donors (Lipinski definition) is 0. The van der Waals surface area contributed by atoms with E-state index in [1.807, 2.05) is 66.1 Å². The predicted molar refractivity (Wildman–Crippen MR) is 316 cm³/mol. The summed E-state index contributed by atoms with van der Waals surface area (Å²) in [6.45, 7) is 8.35. The lowest BCUT2D eigenvalue weighted by Gasteiger charge is -2.39. The van der Waals surface area contributed by atoms with Crippen LogP contribution in [-0.2, 0) is 10.3 Å². The van der Waals surface area contributed by atoms with E-state index < -0.39 is 11.2 Å². The van der Waals surface area contributed by atoms with Gasteiger partial charge in [-0.3, -0.25) is 0 Å². The van der Waals surface area contributed by atoms with Crippen molar-refractivity contribution < 1.29 is 9.47 Å². The molecular formula is C63H82N4O2S4. The second-order valence-electron chi connectivity index (χ2n) is 21.5. The summed E-state index contributed by atoms with van der Waals surface area (Å²) in [4.78, 5) is 7.22. The molecule has 0 unspecified atom stereocenters. The zero-order valence-electron chi connectivity index (χ0n) is 45.2. The van der Waals surface area contributed by atoms with Gasteiger partial charge in [-0.05, 0) is 75.4 Å². The van der Waals surface area contributed by atoms with Crippen LogP contribution in [0.4, 0.5) is 5.69 Å². The van der Waals surface area contributed by atoms with Gasteiger partial charge in [0.1, 0.15) is 35.0 Å². The monoisotopic (exact) mass is 1050 g/mol. The van der Waals surface area contributed by atoms with Crippen molar-refractivity contribution in [3.05, 3.63) is 75.4 Å². The summed E-state index contributed by atoms with van der Waals surface area (Å²) < 4.78 is 19.1. The Bertz CT molecular complexity index is 2740. The number of allylic oxidation sites excluding steroid dienone is 2. The van der Waals surface area contributed by atoms with E-state index in [1.54, 1.807) is 11.3 Å². The first-order valence-electron chi connectivity index (χ1n) is 28.2. The third-order valence-corrected chi connectivity index (χ3v) is 20.2. The van der Waals surface area contributed by atoms with E-state index in [-0.39, 0.29) is 16.9 Å². The molecule has 0 N–H and O–H groups in total. The molecule has 2 aliphatic rings. The van der Waals surface area contributed by atoms with E-state index in [0.717, 1.165) is 36.3 Å². The van der Waals surface area contributed by atoms with Crippen molar-refractivity contribution in [2.75, 3.05) is 19.0 Å². The molecule has 390 valence electrons. The van der Waals surface area contributed by atoms with Crippen molar-refractivity contribution >= 4 is 75.9 Å². The van der Waals surface area contributed by atoms with Crippen molar-refractivity contribution in [1.29, 1.82) is 15.8 Å². The summed E-state index contributed by atoms with van der Waals surface area (Å²) >= 11 is 7.53. The first kappa shape index (κ1) is 56.4. The molecule has 73 heavy (non-hydrogen) atoms. The molecule has 7 rings (SSSR count). The number of thiophene rings is 4. The molecule has 2 aliphatic heterocycles. The summed E-state index contributed by atoms with van der Waals surface area (Å²) in [5.41, 5.74) is 3.36. The lowest BCUT2D eigenvalue weighted by molar-refractivity contribution is 0.0430. The third kappa shape index (κ3) is 14.3. The minimum absolute atomic E-state index is 0.0659. The molecule has 5 aromatic rings. The fourth-order valence-electron chi connectivity index (χ4n) is 11.0. The van der Waals surface area contributed by atoms with Gasteiger partial charge in [0.25, 0.3) is 0 Å². The minimum Gasteiger partial charge on any atom is -0.480 e. The van der Waals surface area contributed by atoms with Crippen LogP contribution in [0.5, 0.6) is 5.75 Å². The number of benzene rings is 1. The largest absolute Gasteiger partial charge is 0.480 e. The van der Waals surface area contributed by atoms with E-state index in [1.165, 1.54) is 204 Å². The van der Waals surface area contributed by atoms with Gasteiger partial charge < -0.3 is 14.4 Å². The maximum atomic E-state index is 10.2. The average Bonchev–Trinajstić information content (AvgIpc) is 4.20. The highest BCUT2D eigenvalue weighted by Crippen LogP contribution is 2.62. The van der Waals surface area contributed by atoms with Crippen LogP contribution in [0.25, 0.3) is 45.1 Å². The molecule has 0 saturated carbocycles. The second kappa shape index (κ2) is 28.0. The van der Waals surface area contributed by atoms with Gasteiger partial charge in [-0.1, -0.05) is 186 Å². The Morgan fingerprint density at radius 1 is 0.575 bits per heavy atom. The number of nitrogens with zero attached hydrogens (tertiary/aromatic N) is 4. The molecule has 6 nitrogen and oxygen atoms in total. The van der Waals surface area contributed by atoms with Gasteiger partial charge in [0.2, 0.25) is 0 Å². The first-order chi connectivity index (χ1) is 35.6. The molecule has 4 aromatic heterocycles. The van der Waals surface area contributed by atoms with Crippen molar-refractivity contribution in [2.45, 2.75) is 219 Å². The van der Waals surface area contributed by atoms with Gasteiger partial charge >= 0.3 is 0 Å². The SMILES string of the molecule is CCCCCCCCCCCCCCCC1(CCCCCCCCCCCCCCC)Oc2c(sc3cc(/C=C/C4=C(C#N)C(=C(C#N)C#N)OC4(C)C)sc23)-c2sc3cc(-c4ccc(N(C)C)cc4)sc3c21. The maximum absolute atomic E-state index is 10.2. The van der Waals surface area contributed by atoms with E-state index in [2.05, 4.69) is 81.4 Å². The van der Waals surface area contributed by atoms with Crippen LogP contribution in [0.1, 0.15) is 218 Å². The van der Waals surface area contributed by atoms with Gasteiger partial charge in [-0.25, -0.2) is 0 Å². The van der Waals surface area contributed by atoms with Crippen molar-refractivity contribution in [3.8, 4) is 44.2 Å². The van der Waals surface area contributed by atoms with Crippen LogP contribution in [0.2, 0.25) is 0 Å². The molecule has 0 bridgehead atoms. The molecule has 0 saturated heterocycles. The molecule has 0 spiro atoms. The molecule has 10 heteroatoms. The van der Waals surface area contributed by atoms with Crippen LogP contribution in [0.3, 0.4) is 0 Å². The summed E-state index contributed by atoms with van der Waals surface area (Å²) in [6, 6.07) is 19.8. The molecule has 0 aliphatic carbocycles. The minimum atomic E-state index is -0.870. The van der Waals surface area contributed by atoms with Crippen LogP contribution >= 0.6 is 45.3 Å². The number of anilines is 1. The van der Waals surface area contributed by atoms with E-state index in [0.29, 0.717) is 5.57 Å². The fraction of sp³-hybridized carbons (Fsp3) is 0.571. The highest BCUT2D eigenvalue weighted by atomic mass is 32.1. The van der Waals surface area contributed by atoms with Crippen molar-refractivity contribution in [2.24, 2.45) is 0 Å².